The van der Waals surface area contributed by atoms with Crippen molar-refractivity contribution in [1.29, 1.82) is 0 Å². The average Bonchev–Trinajstić information content (AvgIpc) is 3.07. The second kappa shape index (κ2) is 6.39. The van der Waals surface area contributed by atoms with Gasteiger partial charge in [-0.2, -0.15) is 0 Å². The van der Waals surface area contributed by atoms with Crippen molar-refractivity contribution >= 4 is 5.90 Å². The van der Waals surface area contributed by atoms with Crippen molar-refractivity contribution in [3.8, 4) is 0 Å². The van der Waals surface area contributed by atoms with Crippen LogP contribution in [-0.4, -0.2) is 23.1 Å². The molecular weight excluding hydrogens is 272 g/mol. The molecule has 0 bridgehead atoms. The molecule has 1 aromatic heterocycles. The Labute approximate surface area is 132 Å². The largest absolute Gasteiger partial charge is 0.474 e. The number of aromatic nitrogens is 1. The summed E-state index contributed by atoms with van der Waals surface area (Å²) in [6.07, 6.45) is 3.18. The first-order valence-corrected chi connectivity index (χ1v) is 8.03. The highest BCUT2D eigenvalue weighted by Gasteiger charge is 2.22. The number of benzene rings is 1. The van der Waals surface area contributed by atoms with Crippen molar-refractivity contribution in [3.63, 3.8) is 0 Å². The summed E-state index contributed by atoms with van der Waals surface area (Å²) in [5, 5.41) is 0. The highest BCUT2D eigenvalue weighted by atomic mass is 16.5. The van der Waals surface area contributed by atoms with Gasteiger partial charge in [0.1, 0.15) is 12.3 Å². The normalized spacial score (nSPS) is 17.6. The lowest BCUT2D eigenvalue weighted by Gasteiger charge is -2.09. The molecular formula is C19H24N2O. The first-order valence-electron chi connectivity index (χ1n) is 8.03. The summed E-state index contributed by atoms with van der Waals surface area (Å²) < 4.78 is 8.06. The number of hydrogen-bond donors (Lipinski definition) is 0. The molecule has 0 saturated carbocycles. The Morgan fingerprint density at radius 3 is 2.91 bits per heavy atom. The molecule has 3 nitrogen and oxygen atoms in total. The molecule has 0 fully saturated rings. The maximum absolute atomic E-state index is 5.84. The Morgan fingerprint density at radius 2 is 2.14 bits per heavy atom. The van der Waals surface area contributed by atoms with Crippen LogP contribution in [0.1, 0.15) is 37.1 Å². The summed E-state index contributed by atoms with van der Waals surface area (Å²) in [7, 11) is 0. The lowest BCUT2D eigenvalue weighted by molar-refractivity contribution is 0.300. The van der Waals surface area contributed by atoms with E-state index in [4.69, 9.17) is 9.73 Å². The van der Waals surface area contributed by atoms with E-state index in [2.05, 4.69) is 67.9 Å². The van der Waals surface area contributed by atoms with Crippen LogP contribution < -0.4 is 0 Å². The van der Waals surface area contributed by atoms with Gasteiger partial charge in [0, 0.05) is 12.7 Å². The Morgan fingerprint density at radius 1 is 1.27 bits per heavy atom. The summed E-state index contributed by atoms with van der Waals surface area (Å²) in [5.74, 6) is 1.44. The van der Waals surface area contributed by atoms with E-state index in [0.29, 0.717) is 18.6 Å². The Balaban J connectivity index is 1.78. The van der Waals surface area contributed by atoms with Crippen LogP contribution in [0, 0.1) is 12.8 Å². The van der Waals surface area contributed by atoms with Gasteiger partial charge in [-0.15, -0.1) is 0 Å². The summed E-state index contributed by atoms with van der Waals surface area (Å²) in [5.41, 5.74) is 3.67. The second-order valence-corrected chi connectivity index (χ2v) is 6.54. The van der Waals surface area contributed by atoms with Crippen molar-refractivity contribution in [2.45, 2.75) is 39.8 Å². The van der Waals surface area contributed by atoms with Crippen molar-refractivity contribution in [2.75, 3.05) is 6.61 Å². The topological polar surface area (TPSA) is 26.5 Å². The van der Waals surface area contributed by atoms with Gasteiger partial charge in [-0.05, 0) is 37.0 Å². The predicted molar refractivity (Wildman–Crippen MR) is 90.4 cm³/mol. The van der Waals surface area contributed by atoms with E-state index in [-0.39, 0.29) is 0 Å². The quantitative estimate of drug-likeness (QED) is 0.818. The Hall–Kier alpha value is -2.03. The van der Waals surface area contributed by atoms with Crippen LogP contribution in [0.2, 0.25) is 0 Å². The minimum absolute atomic E-state index is 0.303. The van der Waals surface area contributed by atoms with Gasteiger partial charge in [-0.3, -0.25) is 0 Å². The van der Waals surface area contributed by atoms with Crippen LogP contribution in [0.25, 0.3) is 0 Å². The Kier molecular flexibility index (Phi) is 4.32. The van der Waals surface area contributed by atoms with Gasteiger partial charge < -0.3 is 9.30 Å². The smallest absolute Gasteiger partial charge is 0.233 e. The van der Waals surface area contributed by atoms with E-state index < -0.39 is 0 Å². The molecule has 0 unspecified atom stereocenters. The molecule has 22 heavy (non-hydrogen) atoms. The molecule has 1 aliphatic heterocycles. The van der Waals surface area contributed by atoms with Crippen molar-refractivity contribution < 1.29 is 4.74 Å². The van der Waals surface area contributed by atoms with E-state index in [1.54, 1.807) is 0 Å². The first kappa shape index (κ1) is 14.9. The molecule has 2 aromatic rings. The molecule has 0 spiro atoms. The number of nitrogens with zero attached hydrogens (tertiary/aromatic N) is 2. The third-order valence-corrected chi connectivity index (χ3v) is 3.94. The van der Waals surface area contributed by atoms with Gasteiger partial charge in [-0.25, -0.2) is 4.99 Å². The van der Waals surface area contributed by atoms with Crippen LogP contribution in [0.4, 0.5) is 0 Å². The second-order valence-electron chi connectivity index (χ2n) is 6.54. The van der Waals surface area contributed by atoms with Gasteiger partial charge in [0.2, 0.25) is 5.90 Å². The number of aliphatic imine (C=N–C) groups is 1. The van der Waals surface area contributed by atoms with E-state index in [9.17, 15) is 0 Å². The zero-order valence-corrected chi connectivity index (χ0v) is 13.6. The van der Waals surface area contributed by atoms with Crippen LogP contribution in [0.15, 0.2) is 47.6 Å². The fraction of sp³-hybridized carbons (Fsp3) is 0.421. The van der Waals surface area contributed by atoms with Crippen molar-refractivity contribution in [2.24, 2.45) is 10.9 Å². The number of rotatable bonds is 5. The summed E-state index contributed by atoms with van der Waals surface area (Å²) in [4.78, 5) is 4.76. The molecule has 1 aliphatic rings. The molecule has 0 N–H and O–H groups in total. The highest BCUT2D eigenvalue weighted by molar-refractivity contribution is 5.93. The summed E-state index contributed by atoms with van der Waals surface area (Å²) >= 11 is 0. The zero-order chi connectivity index (χ0) is 15.5. The number of hydrogen-bond acceptors (Lipinski definition) is 2. The van der Waals surface area contributed by atoms with Gasteiger partial charge in [0.05, 0.1) is 6.04 Å². The fourth-order valence-corrected chi connectivity index (χ4v) is 2.97. The SMILES string of the molecule is Cc1cccc(Cn2cccc2C2=N[C@@H](CC(C)C)CO2)c1. The molecule has 0 amide bonds. The summed E-state index contributed by atoms with van der Waals surface area (Å²) in [6, 6.07) is 13.1. The monoisotopic (exact) mass is 296 g/mol. The minimum atomic E-state index is 0.303. The van der Waals surface area contributed by atoms with Crippen LogP contribution in [-0.2, 0) is 11.3 Å². The van der Waals surface area contributed by atoms with Crippen LogP contribution in [0.5, 0.6) is 0 Å². The van der Waals surface area contributed by atoms with E-state index in [1.807, 2.05) is 0 Å². The molecule has 3 rings (SSSR count). The molecule has 0 aliphatic carbocycles. The van der Waals surface area contributed by atoms with Gasteiger partial charge in [-0.1, -0.05) is 43.7 Å². The van der Waals surface area contributed by atoms with Gasteiger partial charge >= 0.3 is 0 Å². The van der Waals surface area contributed by atoms with Crippen molar-refractivity contribution in [3.05, 3.63) is 59.4 Å². The minimum Gasteiger partial charge on any atom is -0.474 e. The highest BCUT2D eigenvalue weighted by Crippen LogP contribution is 2.19. The molecule has 116 valence electrons. The van der Waals surface area contributed by atoms with Gasteiger partial charge in [0.25, 0.3) is 0 Å². The maximum atomic E-state index is 5.84. The molecule has 0 radical (unpaired) electrons. The standard InChI is InChI=1S/C19H24N2O/c1-14(2)10-17-13-22-19(20-17)18-8-5-9-21(18)12-16-7-4-6-15(3)11-16/h4-9,11,14,17H,10,12-13H2,1-3H3/t17-/m0/s1. The van der Waals surface area contributed by atoms with E-state index >= 15 is 0 Å². The first-order chi connectivity index (χ1) is 10.6. The summed E-state index contributed by atoms with van der Waals surface area (Å²) in [6.45, 7) is 8.15. The van der Waals surface area contributed by atoms with E-state index in [0.717, 1.165) is 24.6 Å². The number of ether oxygens (including phenoxy) is 1. The molecule has 2 heterocycles. The molecule has 1 atom stereocenters. The zero-order valence-electron chi connectivity index (χ0n) is 13.6. The van der Waals surface area contributed by atoms with Crippen molar-refractivity contribution in [1.82, 2.24) is 4.57 Å². The third kappa shape index (κ3) is 3.41. The molecule has 3 heteroatoms. The van der Waals surface area contributed by atoms with E-state index in [1.165, 1.54) is 11.1 Å². The van der Waals surface area contributed by atoms with Gasteiger partial charge in [0.15, 0.2) is 0 Å². The lowest BCUT2D eigenvalue weighted by atomic mass is 10.1. The fourth-order valence-electron chi connectivity index (χ4n) is 2.97. The number of aryl methyl sites for hydroxylation is 1. The maximum Gasteiger partial charge on any atom is 0.233 e. The van der Waals surface area contributed by atoms with Crippen LogP contribution in [0.3, 0.4) is 0 Å². The third-order valence-electron chi connectivity index (χ3n) is 3.94. The Bertz CT molecular complexity index is 670. The predicted octanol–water partition coefficient (Wildman–Crippen LogP) is 4.04. The average molecular weight is 296 g/mol. The molecule has 1 aromatic carbocycles. The molecule has 0 saturated heterocycles. The lowest BCUT2D eigenvalue weighted by Crippen LogP contribution is -2.11. The van der Waals surface area contributed by atoms with Crippen LogP contribution >= 0.6 is 0 Å².